The van der Waals surface area contributed by atoms with Gasteiger partial charge >= 0.3 is 0 Å². The van der Waals surface area contributed by atoms with Gasteiger partial charge in [0.05, 0.1) is 7.11 Å². The lowest BCUT2D eigenvalue weighted by Crippen LogP contribution is -2.44. The molecule has 0 saturated carbocycles. The molecule has 0 fully saturated rings. The molecule has 1 aliphatic carbocycles. The number of carbonyl (C=O) groups is 1. The maximum atomic E-state index is 12.4. The van der Waals surface area contributed by atoms with Crippen molar-refractivity contribution in [3.05, 3.63) is 41.5 Å². The van der Waals surface area contributed by atoms with Crippen molar-refractivity contribution in [1.82, 2.24) is 0 Å². The lowest BCUT2D eigenvalue weighted by Gasteiger charge is -2.37. The Labute approximate surface area is 140 Å². The summed E-state index contributed by atoms with van der Waals surface area (Å²) in [7, 11) is -0.413. The fourth-order valence-corrected chi connectivity index (χ4v) is 3.20. The van der Waals surface area contributed by atoms with E-state index in [-0.39, 0.29) is 10.8 Å². The molecule has 0 atom stereocenters. The molecule has 0 amide bonds. The average molecular weight is 331 g/mol. The van der Waals surface area contributed by atoms with Gasteiger partial charge in [-0.3, -0.25) is 4.79 Å². The minimum absolute atomic E-state index is 0.0655. The summed E-state index contributed by atoms with van der Waals surface area (Å²) in [5.74, 6) is 1.47. The van der Waals surface area contributed by atoms with Crippen LogP contribution in [-0.2, 0) is 0 Å². The number of allylic oxidation sites excluding steroid dienone is 3. The van der Waals surface area contributed by atoms with Crippen LogP contribution >= 0.6 is 0 Å². The summed E-state index contributed by atoms with van der Waals surface area (Å²) < 4.78 is 12.0. The van der Waals surface area contributed by atoms with Crippen molar-refractivity contribution in [3.8, 4) is 11.5 Å². The van der Waals surface area contributed by atoms with E-state index in [0.29, 0.717) is 23.5 Å². The molecule has 23 heavy (non-hydrogen) atoms. The zero-order valence-corrected chi connectivity index (χ0v) is 15.9. The average Bonchev–Trinajstić information content (AvgIpc) is 2.43. The minimum Gasteiger partial charge on any atom is -0.541 e. The van der Waals surface area contributed by atoms with Crippen LogP contribution in [0.2, 0.25) is 18.1 Å². The van der Waals surface area contributed by atoms with Crippen LogP contribution in [0.4, 0.5) is 0 Å². The zero-order chi connectivity index (χ0) is 17.3. The van der Waals surface area contributed by atoms with E-state index in [4.69, 9.17) is 9.16 Å². The van der Waals surface area contributed by atoms with E-state index in [9.17, 15) is 4.79 Å². The summed E-state index contributed by atoms with van der Waals surface area (Å²) in [4.78, 5) is 12.4. The SMILES string of the molecule is COc1ccc2c(c1O[Si](C)(C)C(C)(C)C)/C=C\C=C/CC2=O. The molecule has 3 nitrogen and oxygen atoms in total. The van der Waals surface area contributed by atoms with Crippen molar-refractivity contribution >= 4 is 20.2 Å². The van der Waals surface area contributed by atoms with E-state index >= 15 is 0 Å². The van der Waals surface area contributed by atoms with Gasteiger partial charge in [-0.1, -0.05) is 45.1 Å². The summed E-state index contributed by atoms with van der Waals surface area (Å²) in [5, 5.41) is 0.0655. The van der Waals surface area contributed by atoms with Gasteiger partial charge in [-0.25, -0.2) is 0 Å². The number of fused-ring (bicyclic) bond motifs is 1. The molecule has 4 heteroatoms. The van der Waals surface area contributed by atoms with Crippen molar-refractivity contribution < 1.29 is 14.0 Å². The molecule has 1 aromatic rings. The second-order valence-corrected chi connectivity index (χ2v) is 12.1. The van der Waals surface area contributed by atoms with E-state index in [0.717, 1.165) is 5.56 Å². The van der Waals surface area contributed by atoms with Crippen molar-refractivity contribution in [1.29, 1.82) is 0 Å². The van der Waals surface area contributed by atoms with Gasteiger partial charge in [-0.15, -0.1) is 0 Å². The Morgan fingerprint density at radius 1 is 1.13 bits per heavy atom. The highest BCUT2D eigenvalue weighted by Gasteiger charge is 2.40. The minimum atomic E-state index is -2.05. The molecule has 0 saturated heterocycles. The monoisotopic (exact) mass is 330 g/mol. The third-order valence-electron chi connectivity index (χ3n) is 4.66. The van der Waals surface area contributed by atoms with Gasteiger partial charge in [-0.05, 0) is 30.3 Å². The van der Waals surface area contributed by atoms with Crippen LogP contribution in [0.25, 0.3) is 6.08 Å². The lowest BCUT2D eigenvalue weighted by atomic mass is 9.98. The molecule has 1 aliphatic rings. The molecular weight excluding hydrogens is 304 g/mol. The molecule has 0 aromatic heterocycles. The predicted molar refractivity (Wildman–Crippen MR) is 97.9 cm³/mol. The van der Waals surface area contributed by atoms with Crippen molar-refractivity contribution in [2.75, 3.05) is 7.11 Å². The van der Waals surface area contributed by atoms with E-state index in [1.807, 2.05) is 36.4 Å². The first kappa shape index (κ1) is 17.5. The topological polar surface area (TPSA) is 35.5 Å². The van der Waals surface area contributed by atoms with Gasteiger partial charge in [0.1, 0.15) is 0 Å². The summed E-state index contributed by atoms with van der Waals surface area (Å²) in [5.41, 5.74) is 1.52. The maximum Gasteiger partial charge on any atom is 0.250 e. The standard InChI is InChI=1S/C19H26O3Si/c1-19(2,3)23(5,6)22-18-15-10-8-7-9-11-16(20)14(15)12-13-17(18)21-4/h7-10,12-13H,11H2,1-6H3/b9-7-,10-8-. The normalized spacial score (nSPS) is 17.7. The Balaban J connectivity index is 2.62. The van der Waals surface area contributed by atoms with Crippen molar-refractivity contribution in [2.24, 2.45) is 0 Å². The first-order valence-corrected chi connectivity index (χ1v) is 10.8. The van der Waals surface area contributed by atoms with Crippen LogP contribution < -0.4 is 9.16 Å². The fraction of sp³-hybridized carbons (Fsp3) is 0.421. The largest absolute Gasteiger partial charge is 0.541 e. The molecule has 0 N–H and O–H groups in total. The Hall–Kier alpha value is -1.81. The molecule has 0 spiro atoms. The number of hydrogen-bond donors (Lipinski definition) is 0. The van der Waals surface area contributed by atoms with Gasteiger partial charge in [0.25, 0.3) is 8.32 Å². The molecule has 0 heterocycles. The Morgan fingerprint density at radius 2 is 1.83 bits per heavy atom. The van der Waals surface area contributed by atoms with Crippen LogP contribution in [0.5, 0.6) is 11.5 Å². The van der Waals surface area contributed by atoms with Crippen molar-refractivity contribution in [2.45, 2.75) is 45.3 Å². The second-order valence-electron chi connectivity index (χ2n) is 7.34. The molecule has 124 valence electrons. The van der Waals surface area contributed by atoms with E-state index in [1.165, 1.54) is 0 Å². The number of rotatable bonds is 3. The molecule has 2 rings (SSSR count). The number of carbonyl (C=O) groups excluding carboxylic acids is 1. The third kappa shape index (κ3) is 3.58. The molecule has 0 bridgehead atoms. The second kappa shape index (κ2) is 6.36. The van der Waals surface area contributed by atoms with Gasteiger partial charge in [0.15, 0.2) is 17.3 Å². The van der Waals surface area contributed by atoms with Gasteiger partial charge in [-0.2, -0.15) is 0 Å². The van der Waals surface area contributed by atoms with Crippen molar-refractivity contribution in [3.63, 3.8) is 0 Å². The Kier molecular flexibility index (Phi) is 4.85. The quantitative estimate of drug-likeness (QED) is 0.711. The van der Waals surface area contributed by atoms with Gasteiger partial charge in [0.2, 0.25) is 0 Å². The van der Waals surface area contributed by atoms with E-state index in [2.05, 4.69) is 33.9 Å². The number of methoxy groups -OCH3 is 1. The summed E-state index contributed by atoms with van der Waals surface area (Å²) in [6, 6.07) is 3.66. The summed E-state index contributed by atoms with van der Waals surface area (Å²) in [6.07, 6.45) is 8.07. The number of benzene rings is 1. The first-order valence-electron chi connectivity index (χ1n) is 7.94. The summed E-state index contributed by atoms with van der Waals surface area (Å²) in [6.45, 7) is 11.0. The van der Waals surface area contributed by atoms with E-state index in [1.54, 1.807) is 7.11 Å². The summed E-state index contributed by atoms with van der Waals surface area (Å²) >= 11 is 0. The number of Topliss-reactive ketones (excluding diaryl/α,β-unsaturated/α-hetero) is 1. The maximum absolute atomic E-state index is 12.4. The van der Waals surface area contributed by atoms with Gasteiger partial charge < -0.3 is 9.16 Å². The lowest BCUT2D eigenvalue weighted by molar-refractivity contribution is 0.0995. The van der Waals surface area contributed by atoms with Crippen LogP contribution in [0.1, 0.15) is 43.1 Å². The van der Waals surface area contributed by atoms with Crippen LogP contribution in [0.3, 0.4) is 0 Å². The third-order valence-corrected chi connectivity index (χ3v) is 8.98. The van der Waals surface area contributed by atoms with Crippen LogP contribution in [0.15, 0.2) is 30.4 Å². The van der Waals surface area contributed by atoms with Crippen LogP contribution in [0, 0.1) is 0 Å². The highest BCUT2D eigenvalue weighted by Crippen LogP contribution is 2.43. The molecule has 0 unspecified atom stereocenters. The first-order chi connectivity index (χ1) is 10.7. The van der Waals surface area contributed by atoms with E-state index < -0.39 is 8.32 Å². The Bertz CT molecular complexity index is 664. The highest BCUT2D eigenvalue weighted by molar-refractivity contribution is 6.74. The molecule has 0 radical (unpaired) electrons. The number of ketones is 1. The molecule has 0 aliphatic heterocycles. The molecule has 1 aromatic carbocycles. The Morgan fingerprint density at radius 3 is 2.43 bits per heavy atom. The van der Waals surface area contributed by atoms with Crippen LogP contribution in [-0.4, -0.2) is 21.2 Å². The smallest absolute Gasteiger partial charge is 0.250 e. The number of ether oxygens (including phenoxy) is 1. The predicted octanol–water partition coefficient (Wildman–Crippen LogP) is 5.24. The highest BCUT2D eigenvalue weighted by atomic mass is 28.4. The zero-order valence-electron chi connectivity index (χ0n) is 14.9. The van der Waals surface area contributed by atoms with Gasteiger partial charge in [0, 0.05) is 17.5 Å². The fourth-order valence-electron chi connectivity index (χ4n) is 2.18. The molecular formula is C19H26O3Si. The number of hydrogen-bond acceptors (Lipinski definition) is 3.